The molecule has 2 N–H and O–H groups in total. The molecule has 0 fully saturated rings. The molecule has 0 aliphatic carbocycles. The van der Waals surface area contributed by atoms with Gasteiger partial charge in [-0.2, -0.15) is 0 Å². The van der Waals surface area contributed by atoms with Crippen LogP contribution in [-0.4, -0.2) is 32.3 Å². The number of fused-ring (bicyclic) bond motifs is 4. The minimum Gasteiger partial charge on any atom is -0.357 e. The van der Waals surface area contributed by atoms with Gasteiger partial charge in [-0.15, -0.1) is 0 Å². The Labute approximate surface area is 157 Å². The minimum atomic E-state index is 0.191. The zero-order valence-electron chi connectivity index (χ0n) is 15.4. The van der Waals surface area contributed by atoms with Gasteiger partial charge in [-0.3, -0.25) is 4.79 Å². The van der Waals surface area contributed by atoms with Crippen molar-refractivity contribution in [3.8, 4) is 0 Å². The van der Waals surface area contributed by atoms with Gasteiger partial charge in [0, 0.05) is 36.0 Å². The van der Waals surface area contributed by atoms with E-state index in [0.29, 0.717) is 19.4 Å². The number of amides is 1. The van der Waals surface area contributed by atoms with Crippen molar-refractivity contribution in [3.63, 3.8) is 0 Å². The third kappa shape index (κ3) is 2.79. The monoisotopic (exact) mass is 358 g/mol. The first-order valence-corrected chi connectivity index (χ1v) is 9.49. The number of nitrogens with one attached hydrogen (secondary N) is 2. The number of carbonyl (C=O) groups is 1. The van der Waals surface area contributed by atoms with Gasteiger partial charge in [0.25, 0.3) is 0 Å². The molecule has 0 saturated carbocycles. The van der Waals surface area contributed by atoms with E-state index in [-0.39, 0.29) is 5.91 Å². The molecule has 1 amide bonds. The molecule has 1 aliphatic heterocycles. The zero-order chi connectivity index (χ0) is 18.4. The number of aromatic amines is 2. The first kappa shape index (κ1) is 16.1. The summed E-state index contributed by atoms with van der Waals surface area (Å²) in [6, 6.07) is 14.5. The van der Waals surface area contributed by atoms with Crippen molar-refractivity contribution in [3.05, 3.63) is 65.1 Å². The lowest BCUT2D eigenvalue weighted by Crippen LogP contribution is -2.36. The lowest BCUT2D eigenvalue weighted by molar-refractivity contribution is -0.132. The third-order valence-electron chi connectivity index (χ3n) is 5.57. The molecule has 5 nitrogen and oxygen atoms in total. The topological polar surface area (TPSA) is 64.8 Å². The molecule has 136 valence electrons. The number of hydrogen-bond donors (Lipinski definition) is 2. The highest BCUT2D eigenvalue weighted by atomic mass is 16.2. The van der Waals surface area contributed by atoms with Crippen LogP contribution in [0, 0.1) is 6.92 Å². The Kier molecular flexibility index (Phi) is 3.74. The number of nitrogens with zero attached hydrogens (tertiary/aromatic N) is 2. The average Bonchev–Trinajstić information content (AvgIpc) is 3.27. The molecule has 5 rings (SSSR count). The predicted octanol–water partition coefficient (Wildman–Crippen LogP) is 3.87. The van der Waals surface area contributed by atoms with Gasteiger partial charge in [-0.25, -0.2) is 4.98 Å². The van der Waals surface area contributed by atoms with Crippen LogP contribution < -0.4 is 0 Å². The van der Waals surface area contributed by atoms with Gasteiger partial charge in [-0.05, 0) is 36.6 Å². The molecule has 27 heavy (non-hydrogen) atoms. The van der Waals surface area contributed by atoms with Gasteiger partial charge >= 0.3 is 0 Å². The summed E-state index contributed by atoms with van der Waals surface area (Å²) in [6.45, 7) is 3.51. The van der Waals surface area contributed by atoms with Crippen LogP contribution in [0.25, 0.3) is 21.9 Å². The van der Waals surface area contributed by atoms with Gasteiger partial charge in [0.05, 0.1) is 17.6 Å². The van der Waals surface area contributed by atoms with E-state index in [2.05, 4.69) is 46.1 Å². The highest BCUT2D eigenvalue weighted by Crippen LogP contribution is 2.27. The molecular weight excluding hydrogens is 336 g/mol. The summed E-state index contributed by atoms with van der Waals surface area (Å²) in [7, 11) is 0. The Hall–Kier alpha value is -3.08. The zero-order valence-corrected chi connectivity index (χ0v) is 15.4. The molecule has 0 spiro atoms. The Morgan fingerprint density at radius 3 is 2.85 bits per heavy atom. The average molecular weight is 358 g/mol. The lowest BCUT2D eigenvalue weighted by atomic mass is 10.0. The van der Waals surface area contributed by atoms with Crippen LogP contribution in [0.1, 0.15) is 29.1 Å². The summed E-state index contributed by atoms with van der Waals surface area (Å²) in [5, 5.41) is 1.29. The number of H-pyrrole nitrogens is 2. The summed E-state index contributed by atoms with van der Waals surface area (Å²) in [6.07, 6.45) is 2.03. The first-order valence-electron chi connectivity index (χ1n) is 9.49. The number of benzene rings is 2. The molecular formula is C22H22N4O. The number of rotatable bonds is 3. The highest BCUT2D eigenvalue weighted by molar-refractivity contribution is 5.85. The molecule has 0 atom stereocenters. The largest absolute Gasteiger partial charge is 0.357 e. The van der Waals surface area contributed by atoms with Crippen molar-refractivity contribution in [2.24, 2.45) is 0 Å². The molecule has 4 aromatic rings. The van der Waals surface area contributed by atoms with E-state index in [9.17, 15) is 4.79 Å². The van der Waals surface area contributed by atoms with Gasteiger partial charge in [-0.1, -0.05) is 30.3 Å². The predicted molar refractivity (Wildman–Crippen MR) is 107 cm³/mol. The number of para-hydroxylation sites is 2. The second-order valence-corrected chi connectivity index (χ2v) is 7.35. The van der Waals surface area contributed by atoms with Crippen LogP contribution >= 0.6 is 0 Å². The number of carbonyl (C=O) groups excluding carboxylic acids is 1. The van der Waals surface area contributed by atoms with Crippen LogP contribution in [0.4, 0.5) is 0 Å². The maximum absolute atomic E-state index is 12.7. The molecule has 0 saturated heterocycles. The quantitative estimate of drug-likeness (QED) is 0.584. The van der Waals surface area contributed by atoms with Crippen molar-refractivity contribution in [1.82, 2.24) is 19.9 Å². The summed E-state index contributed by atoms with van der Waals surface area (Å²) in [4.78, 5) is 26.2. The number of imidazole rings is 1. The SMILES string of the molecule is Cc1cccc2[nH]c(CCC(=O)N3CCc4c([nH]c5ccccc45)C3)nc12. The summed E-state index contributed by atoms with van der Waals surface area (Å²) < 4.78 is 0. The Balaban J connectivity index is 1.29. The van der Waals surface area contributed by atoms with Crippen molar-refractivity contribution in [2.75, 3.05) is 6.54 Å². The fourth-order valence-corrected chi connectivity index (χ4v) is 4.13. The molecule has 2 aromatic carbocycles. The Morgan fingerprint density at radius 1 is 1.11 bits per heavy atom. The van der Waals surface area contributed by atoms with Gasteiger partial charge < -0.3 is 14.9 Å². The highest BCUT2D eigenvalue weighted by Gasteiger charge is 2.23. The maximum atomic E-state index is 12.7. The van der Waals surface area contributed by atoms with E-state index >= 15 is 0 Å². The molecule has 1 aliphatic rings. The van der Waals surface area contributed by atoms with E-state index in [0.717, 1.165) is 40.9 Å². The van der Waals surface area contributed by atoms with Gasteiger partial charge in [0.1, 0.15) is 5.82 Å². The smallest absolute Gasteiger partial charge is 0.223 e. The molecule has 0 unspecified atom stereocenters. The Morgan fingerprint density at radius 2 is 1.96 bits per heavy atom. The second-order valence-electron chi connectivity index (χ2n) is 7.35. The van der Waals surface area contributed by atoms with Crippen LogP contribution in [-0.2, 0) is 24.2 Å². The molecule has 5 heteroatoms. The summed E-state index contributed by atoms with van der Waals surface area (Å²) in [5.74, 6) is 1.08. The summed E-state index contributed by atoms with van der Waals surface area (Å²) >= 11 is 0. The van der Waals surface area contributed by atoms with Crippen molar-refractivity contribution >= 4 is 27.8 Å². The maximum Gasteiger partial charge on any atom is 0.223 e. The normalized spacial score (nSPS) is 14.0. The van der Waals surface area contributed by atoms with E-state index < -0.39 is 0 Å². The lowest BCUT2D eigenvalue weighted by Gasteiger charge is -2.27. The summed E-state index contributed by atoms with van der Waals surface area (Å²) in [5.41, 5.74) is 6.90. The molecule has 3 heterocycles. The van der Waals surface area contributed by atoms with Crippen LogP contribution in [0.2, 0.25) is 0 Å². The van der Waals surface area contributed by atoms with Crippen LogP contribution in [0.15, 0.2) is 42.5 Å². The second kappa shape index (κ2) is 6.27. The fourth-order valence-electron chi connectivity index (χ4n) is 4.13. The van der Waals surface area contributed by atoms with E-state index in [4.69, 9.17) is 0 Å². The number of aryl methyl sites for hydroxylation is 2. The standard InChI is InChI=1S/C22H22N4O/c1-14-5-4-8-18-22(14)25-20(24-18)9-10-21(27)26-12-11-16-15-6-2-3-7-17(15)23-19(16)13-26/h2-8,23H,9-13H2,1H3,(H,24,25). The van der Waals surface area contributed by atoms with Gasteiger partial charge in [0.15, 0.2) is 0 Å². The first-order chi connectivity index (χ1) is 13.2. The molecule has 2 aromatic heterocycles. The van der Waals surface area contributed by atoms with Gasteiger partial charge in [0.2, 0.25) is 5.91 Å². The third-order valence-corrected chi connectivity index (χ3v) is 5.57. The van der Waals surface area contributed by atoms with E-state index in [1.807, 2.05) is 23.1 Å². The number of aromatic nitrogens is 3. The van der Waals surface area contributed by atoms with Crippen molar-refractivity contribution in [1.29, 1.82) is 0 Å². The van der Waals surface area contributed by atoms with Crippen LogP contribution in [0.5, 0.6) is 0 Å². The van der Waals surface area contributed by atoms with E-state index in [1.54, 1.807) is 0 Å². The van der Waals surface area contributed by atoms with E-state index in [1.165, 1.54) is 16.6 Å². The van der Waals surface area contributed by atoms with Crippen LogP contribution in [0.3, 0.4) is 0 Å². The fraction of sp³-hybridized carbons (Fsp3) is 0.273. The molecule has 0 radical (unpaired) electrons. The minimum absolute atomic E-state index is 0.191. The number of hydrogen-bond acceptors (Lipinski definition) is 2. The van der Waals surface area contributed by atoms with Crippen molar-refractivity contribution in [2.45, 2.75) is 32.7 Å². The molecule has 0 bridgehead atoms. The Bertz CT molecular complexity index is 1150. The van der Waals surface area contributed by atoms with Crippen molar-refractivity contribution < 1.29 is 4.79 Å².